The highest BCUT2D eigenvalue weighted by Gasteiger charge is 2.27. The Morgan fingerprint density at radius 1 is 1.06 bits per heavy atom. The number of carbonyl (C=O) groups is 1. The fourth-order valence-electron chi connectivity index (χ4n) is 4.76. The fourth-order valence-corrected chi connectivity index (χ4v) is 4.76. The van der Waals surface area contributed by atoms with Gasteiger partial charge < -0.3 is 15.0 Å². The molecule has 2 saturated heterocycles. The highest BCUT2D eigenvalue weighted by atomic mass is 19.1. The molecule has 7 heteroatoms. The Bertz CT molecular complexity index is 993. The molecule has 0 aliphatic carbocycles. The summed E-state index contributed by atoms with van der Waals surface area (Å²) in [4.78, 5) is 21.5. The predicted octanol–water partition coefficient (Wildman–Crippen LogP) is 4.13. The molecule has 164 valence electrons. The second-order valence-corrected chi connectivity index (χ2v) is 8.23. The van der Waals surface area contributed by atoms with Crippen molar-refractivity contribution in [1.82, 2.24) is 19.8 Å². The largest absolute Gasteiger partial charge is 0.483 e. The van der Waals surface area contributed by atoms with Crippen molar-refractivity contribution >= 4 is 17.5 Å². The van der Waals surface area contributed by atoms with Crippen LogP contribution in [-0.4, -0.2) is 63.6 Å². The van der Waals surface area contributed by atoms with Crippen LogP contribution in [0.2, 0.25) is 0 Å². The lowest BCUT2D eigenvalue weighted by Crippen LogP contribution is -2.43. The summed E-state index contributed by atoms with van der Waals surface area (Å²) >= 11 is 0. The number of rotatable bonds is 4. The molecule has 0 unspecified atom stereocenters. The average Bonchev–Trinajstić information content (AvgIpc) is 3.48. The number of aromatic amines is 1. The van der Waals surface area contributed by atoms with Crippen LogP contribution in [0.15, 0.2) is 42.5 Å². The molecule has 3 aromatic rings. The van der Waals surface area contributed by atoms with Gasteiger partial charge in [0.15, 0.2) is 0 Å². The summed E-state index contributed by atoms with van der Waals surface area (Å²) < 4.78 is 14.7. The Morgan fingerprint density at radius 3 is 2.42 bits per heavy atom. The van der Waals surface area contributed by atoms with Crippen LogP contribution < -0.4 is 0 Å². The topological polar surface area (TPSA) is 72.5 Å². The number of H-pyrrole nitrogens is 1. The van der Waals surface area contributed by atoms with Crippen molar-refractivity contribution in [3.63, 3.8) is 0 Å². The van der Waals surface area contributed by atoms with E-state index >= 15 is 0 Å². The Morgan fingerprint density at radius 2 is 1.74 bits per heavy atom. The summed E-state index contributed by atoms with van der Waals surface area (Å²) in [5.41, 5.74) is 3.41. The Balaban J connectivity index is 0.000000730. The number of piperidine rings is 1. The molecular weight excluding hydrogens is 395 g/mol. The van der Waals surface area contributed by atoms with Gasteiger partial charge in [0, 0.05) is 23.7 Å². The van der Waals surface area contributed by atoms with E-state index in [9.17, 15) is 4.39 Å². The van der Waals surface area contributed by atoms with Gasteiger partial charge in [0.1, 0.15) is 11.6 Å². The molecular formula is C24H29FN4O2. The molecule has 0 spiro atoms. The molecule has 0 amide bonds. The van der Waals surface area contributed by atoms with Gasteiger partial charge in [-0.2, -0.15) is 0 Å². The lowest BCUT2D eigenvalue weighted by Gasteiger charge is -2.36. The van der Waals surface area contributed by atoms with Crippen molar-refractivity contribution in [2.24, 2.45) is 0 Å². The lowest BCUT2D eigenvalue weighted by atomic mass is 10.0. The average molecular weight is 425 g/mol. The molecule has 6 nitrogen and oxygen atoms in total. The number of nitrogens with one attached hydrogen (secondary N) is 1. The van der Waals surface area contributed by atoms with Crippen LogP contribution in [0.5, 0.6) is 0 Å². The van der Waals surface area contributed by atoms with E-state index in [4.69, 9.17) is 14.9 Å². The Hall–Kier alpha value is -2.77. The van der Waals surface area contributed by atoms with Crippen molar-refractivity contribution in [2.75, 3.05) is 26.2 Å². The smallest absolute Gasteiger partial charge is 0.290 e. The first-order valence-corrected chi connectivity index (χ1v) is 11.0. The standard InChI is InChI=1S/C23H27FN4.CH2O2/c24-20-8-9-21-22(26-23(25-21)17-6-2-1-3-7-17)19(20)16-27-14-10-18(11-15-27)28-12-4-5-13-28;2-1-3/h1-3,6-9,18H,4-5,10-16H2,(H,25,26);1H,(H,2,3). The monoisotopic (exact) mass is 424 g/mol. The third-order valence-corrected chi connectivity index (χ3v) is 6.35. The van der Waals surface area contributed by atoms with Crippen LogP contribution in [0.1, 0.15) is 31.2 Å². The van der Waals surface area contributed by atoms with Crippen molar-refractivity contribution in [3.8, 4) is 11.4 Å². The lowest BCUT2D eigenvalue weighted by molar-refractivity contribution is -0.122. The van der Waals surface area contributed by atoms with Crippen LogP contribution in [0.3, 0.4) is 0 Å². The molecule has 0 atom stereocenters. The first-order chi connectivity index (χ1) is 15.2. The van der Waals surface area contributed by atoms with Crippen molar-refractivity contribution in [2.45, 2.75) is 38.3 Å². The maximum absolute atomic E-state index is 14.7. The first-order valence-electron chi connectivity index (χ1n) is 11.0. The maximum atomic E-state index is 14.7. The minimum atomic E-state index is -0.250. The number of aromatic nitrogens is 2. The number of halogens is 1. The quantitative estimate of drug-likeness (QED) is 0.616. The number of carboxylic acid groups (broad SMARTS) is 1. The number of imidazole rings is 1. The summed E-state index contributed by atoms with van der Waals surface area (Å²) in [7, 11) is 0. The summed E-state index contributed by atoms with van der Waals surface area (Å²) in [6, 6.07) is 14.1. The van der Waals surface area contributed by atoms with E-state index in [0.717, 1.165) is 47.1 Å². The number of benzene rings is 2. The van der Waals surface area contributed by atoms with Gasteiger partial charge in [0.25, 0.3) is 6.47 Å². The summed E-state index contributed by atoms with van der Waals surface area (Å²) in [5.74, 6) is 0.649. The molecule has 0 saturated carbocycles. The molecule has 2 aliphatic heterocycles. The van der Waals surface area contributed by atoms with Crippen molar-refractivity contribution in [3.05, 3.63) is 53.8 Å². The van der Waals surface area contributed by atoms with Crippen LogP contribution in [0.25, 0.3) is 22.4 Å². The SMILES string of the molecule is Fc1ccc2[nH]c(-c3ccccc3)nc2c1CN1CCC(N2CCCC2)CC1.O=CO. The third kappa shape index (κ3) is 4.94. The molecule has 2 aromatic carbocycles. The van der Waals surface area contributed by atoms with E-state index in [-0.39, 0.29) is 12.3 Å². The van der Waals surface area contributed by atoms with Crippen LogP contribution in [0.4, 0.5) is 4.39 Å². The molecule has 5 rings (SSSR count). The summed E-state index contributed by atoms with van der Waals surface area (Å²) in [6.45, 7) is 4.97. The Labute approximate surface area is 181 Å². The predicted molar refractivity (Wildman–Crippen MR) is 119 cm³/mol. The van der Waals surface area contributed by atoms with Gasteiger partial charge >= 0.3 is 0 Å². The molecule has 0 bridgehead atoms. The summed E-state index contributed by atoms with van der Waals surface area (Å²) in [5, 5.41) is 6.89. The summed E-state index contributed by atoms with van der Waals surface area (Å²) in [6.07, 6.45) is 5.06. The van der Waals surface area contributed by atoms with Gasteiger partial charge in [0.2, 0.25) is 0 Å². The normalized spacial score (nSPS) is 18.1. The third-order valence-electron chi connectivity index (χ3n) is 6.35. The van der Waals surface area contributed by atoms with Crippen LogP contribution >= 0.6 is 0 Å². The first kappa shape index (κ1) is 21.5. The second kappa shape index (κ2) is 10.0. The fraction of sp³-hybridized carbons (Fsp3) is 0.417. The molecule has 1 aromatic heterocycles. The van der Waals surface area contributed by atoms with Gasteiger partial charge in [-0.3, -0.25) is 9.69 Å². The van der Waals surface area contributed by atoms with Crippen LogP contribution in [0, 0.1) is 5.82 Å². The molecule has 2 N–H and O–H groups in total. The highest BCUT2D eigenvalue weighted by molar-refractivity contribution is 5.82. The minimum absolute atomic E-state index is 0.153. The van der Waals surface area contributed by atoms with E-state index < -0.39 is 0 Å². The number of nitrogens with zero attached hydrogens (tertiary/aromatic N) is 3. The number of likely N-dealkylation sites (tertiary alicyclic amines) is 2. The molecule has 2 aliphatic rings. The van der Waals surface area contributed by atoms with Gasteiger partial charge in [-0.15, -0.1) is 0 Å². The second-order valence-electron chi connectivity index (χ2n) is 8.23. The van der Waals surface area contributed by atoms with E-state index in [1.54, 1.807) is 12.1 Å². The number of hydrogen-bond donors (Lipinski definition) is 2. The zero-order valence-corrected chi connectivity index (χ0v) is 17.6. The van der Waals surface area contributed by atoms with E-state index in [1.807, 2.05) is 30.3 Å². The van der Waals surface area contributed by atoms with E-state index in [2.05, 4.69) is 14.8 Å². The van der Waals surface area contributed by atoms with Crippen molar-refractivity contribution in [1.29, 1.82) is 0 Å². The van der Waals surface area contributed by atoms with Gasteiger partial charge in [-0.05, 0) is 64.0 Å². The molecule has 3 heterocycles. The zero-order valence-electron chi connectivity index (χ0n) is 17.6. The molecule has 2 fully saturated rings. The number of hydrogen-bond acceptors (Lipinski definition) is 4. The molecule has 31 heavy (non-hydrogen) atoms. The van der Waals surface area contributed by atoms with Crippen molar-refractivity contribution < 1.29 is 14.3 Å². The van der Waals surface area contributed by atoms with E-state index in [0.29, 0.717) is 6.54 Å². The highest BCUT2D eigenvalue weighted by Crippen LogP contribution is 2.27. The van der Waals surface area contributed by atoms with Gasteiger partial charge in [-0.1, -0.05) is 30.3 Å². The Kier molecular flexibility index (Phi) is 6.94. The van der Waals surface area contributed by atoms with Gasteiger partial charge in [0.05, 0.1) is 11.0 Å². The minimum Gasteiger partial charge on any atom is -0.483 e. The molecule has 0 radical (unpaired) electrons. The van der Waals surface area contributed by atoms with Gasteiger partial charge in [-0.25, -0.2) is 9.37 Å². The van der Waals surface area contributed by atoms with E-state index in [1.165, 1.54) is 38.8 Å². The zero-order chi connectivity index (χ0) is 21.6. The number of fused-ring (bicyclic) bond motifs is 1. The van der Waals surface area contributed by atoms with Crippen LogP contribution in [-0.2, 0) is 11.3 Å². The maximum Gasteiger partial charge on any atom is 0.290 e.